The minimum absolute atomic E-state index is 0.0702. The highest BCUT2D eigenvalue weighted by Crippen LogP contribution is 2.21. The van der Waals surface area contributed by atoms with Crippen LogP contribution >= 0.6 is 27.7 Å². The Bertz CT molecular complexity index is 707. The Labute approximate surface area is 139 Å². The number of nitrogens with one attached hydrogen (secondary N) is 1. The molecule has 0 saturated carbocycles. The van der Waals surface area contributed by atoms with Crippen LogP contribution in [-0.4, -0.2) is 21.6 Å². The molecule has 0 saturated heterocycles. The van der Waals surface area contributed by atoms with E-state index in [1.165, 1.54) is 30.1 Å². The summed E-state index contributed by atoms with van der Waals surface area (Å²) >= 11 is 4.62. The number of pyridine rings is 1. The van der Waals surface area contributed by atoms with Crippen molar-refractivity contribution < 1.29 is 9.72 Å². The van der Waals surface area contributed by atoms with E-state index in [9.17, 15) is 14.9 Å². The maximum atomic E-state index is 11.9. The number of thioether (sulfide) groups is 1. The van der Waals surface area contributed by atoms with Gasteiger partial charge in [-0.3, -0.25) is 14.9 Å². The fraction of sp³-hybridized carbons (Fsp3) is 0.143. The lowest BCUT2D eigenvalue weighted by Gasteiger charge is -2.06. The monoisotopic (exact) mass is 381 g/mol. The van der Waals surface area contributed by atoms with E-state index in [2.05, 4.69) is 26.2 Å². The van der Waals surface area contributed by atoms with E-state index in [1.807, 2.05) is 25.1 Å². The Balaban J connectivity index is 1.89. The highest BCUT2D eigenvalue weighted by molar-refractivity contribution is 9.10. The summed E-state index contributed by atoms with van der Waals surface area (Å²) in [6.07, 6.45) is 1.18. The van der Waals surface area contributed by atoms with Crippen LogP contribution in [0.2, 0.25) is 0 Å². The predicted octanol–water partition coefficient (Wildman–Crippen LogP) is 3.79. The van der Waals surface area contributed by atoms with Gasteiger partial charge in [-0.2, -0.15) is 0 Å². The SMILES string of the molecule is Cc1cc(NC(=O)CSc2ccc([N+](=O)[O-])cn2)ccc1Br. The third kappa shape index (κ3) is 4.54. The molecule has 1 amide bonds. The van der Waals surface area contributed by atoms with Gasteiger partial charge in [0.25, 0.3) is 5.69 Å². The summed E-state index contributed by atoms with van der Waals surface area (Å²) in [6, 6.07) is 8.45. The number of aromatic nitrogens is 1. The fourth-order valence-electron chi connectivity index (χ4n) is 1.62. The Morgan fingerprint density at radius 1 is 1.41 bits per heavy atom. The number of amides is 1. The van der Waals surface area contributed by atoms with Crippen molar-refractivity contribution in [1.29, 1.82) is 0 Å². The maximum Gasteiger partial charge on any atom is 0.287 e. The van der Waals surface area contributed by atoms with Gasteiger partial charge in [0, 0.05) is 16.2 Å². The van der Waals surface area contributed by atoms with Crippen LogP contribution in [0.25, 0.3) is 0 Å². The minimum atomic E-state index is -0.510. The van der Waals surface area contributed by atoms with Crippen molar-refractivity contribution in [3.63, 3.8) is 0 Å². The predicted molar refractivity (Wildman–Crippen MR) is 89.1 cm³/mol. The summed E-state index contributed by atoms with van der Waals surface area (Å²) in [6.45, 7) is 1.94. The van der Waals surface area contributed by atoms with Crippen LogP contribution in [0.4, 0.5) is 11.4 Å². The summed E-state index contributed by atoms with van der Waals surface area (Å²) < 4.78 is 0.981. The molecule has 22 heavy (non-hydrogen) atoms. The Morgan fingerprint density at radius 3 is 2.77 bits per heavy atom. The number of hydrogen-bond donors (Lipinski definition) is 1. The van der Waals surface area contributed by atoms with Gasteiger partial charge < -0.3 is 5.32 Å². The highest BCUT2D eigenvalue weighted by atomic mass is 79.9. The standard InChI is InChI=1S/C14H12BrN3O3S/c1-9-6-10(2-4-12(9)15)17-13(19)8-22-14-5-3-11(7-16-14)18(20)21/h2-7H,8H2,1H3,(H,17,19). The number of nitrogens with zero attached hydrogens (tertiary/aromatic N) is 2. The topological polar surface area (TPSA) is 85.1 Å². The first kappa shape index (κ1) is 16.4. The van der Waals surface area contributed by atoms with E-state index < -0.39 is 4.92 Å². The molecule has 0 aliphatic rings. The third-order valence-corrected chi connectivity index (χ3v) is 4.56. The molecule has 1 heterocycles. The molecule has 2 aromatic rings. The van der Waals surface area contributed by atoms with Gasteiger partial charge in [-0.05, 0) is 36.8 Å². The lowest BCUT2D eigenvalue weighted by Crippen LogP contribution is -2.14. The molecule has 0 aliphatic heterocycles. The Morgan fingerprint density at radius 2 is 2.18 bits per heavy atom. The molecular weight excluding hydrogens is 370 g/mol. The quantitative estimate of drug-likeness (QED) is 0.483. The molecule has 0 radical (unpaired) electrons. The number of anilines is 1. The number of carbonyl (C=O) groups excluding carboxylic acids is 1. The Kier molecular flexibility index (Phi) is 5.51. The van der Waals surface area contributed by atoms with Gasteiger partial charge >= 0.3 is 0 Å². The van der Waals surface area contributed by atoms with Crippen LogP contribution in [0.15, 0.2) is 46.0 Å². The highest BCUT2D eigenvalue weighted by Gasteiger charge is 2.08. The zero-order valence-electron chi connectivity index (χ0n) is 11.6. The molecule has 114 valence electrons. The van der Waals surface area contributed by atoms with E-state index >= 15 is 0 Å². The molecule has 6 nitrogen and oxygen atoms in total. The zero-order valence-corrected chi connectivity index (χ0v) is 14.0. The van der Waals surface area contributed by atoms with Crippen molar-refractivity contribution in [1.82, 2.24) is 4.98 Å². The van der Waals surface area contributed by atoms with Gasteiger partial charge in [0.2, 0.25) is 5.91 Å². The van der Waals surface area contributed by atoms with E-state index in [0.717, 1.165) is 15.7 Å². The van der Waals surface area contributed by atoms with Crippen molar-refractivity contribution in [2.75, 3.05) is 11.1 Å². The van der Waals surface area contributed by atoms with E-state index in [4.69, 9.17) is 0 Å². The lowest BCUT2D eigenvalue weighted by molar-refractivity contribution is -0.385. The van der Waals surface area contributed by atoms with E-state index in [-0.39, 0.29) is 17.3 Å². The van der Waals surface area contributed by atoms with Crippen LogP contribution in [0.5, 0.6) is 0 Å². The van der Waals surface area contributed by atoms with Crippen molar-refractivity contribution in [3.05, 3.63) is 56.7 Å². The smallest absolute Gasteiger partial charge is 0.287 e. The molecule has 8 heteroatoms. The number of hydrogen-bond acceptors (Lipinski definition) is 5. The molecule has 1 aromatic heterocycles. The summed E-state index contributed by atoms with van der Waals surface area (Å²) in [4.78, 5) is 25.8. The zero-order chi connectivity index (χ0) is 16.1. The summed E-state index contributed by atoms with van der Waals surface area (Å²) in [5.74, 6) is 0.0202. The van der Waals surface area contributed by atoms with Crippen LogP contribution in [-0.2, 0) is 4.79 Å². The fourth-order valence-corrected chi connectivity index (χ4v) is 2.51. The summed E-state index contributed by atoms with van der Waals surface area (Å²) in [7, 11) is 0. The lowest BCUT2D eigenvalue weighted by atomic mass is 10.2. The number of halogens is 1. The summed E-state index contributed by atoms with van der Waals surface area (Å²) in [5, 5.41) is 13.9. The molecule has 0 atom stereocenters. The first-order valence-electron chi connectivity index (χ1n) is 6.25. The number of carbonyl (C=O) groups is 1. The third-order valence-electron chi connectivity index (χ3n) is 2.72. The van der Waals surface area contributed by atoms with Crippen LogP contribution in [0.1, 0.15) is 5.56 Å². The first-order valence-corrected chi connectivity index (χ1v) is 8.03. The molecule has 0 spiro atoms. The van der Waals surface area contributed by atoms with Crippen LogP contribution < -0.4 is 5.32 Å². The van der Waals surface area contributed by atoms with Gasteiger partial charge in [0.15, 0.2) is 0 Å². The molecule has 0 bridgehead atoms. The first-order chi connectivity index (χ1) is 10.5. The van der Waals surface area contributed by atoms with E-state index in [0.29, 0.717) is 5.03 Å². The normalized spacial score (nSPS) is 10.3. The second-order valence-electron chi connectivity index (χ2n) is 4.41. The van der Waals surface area contributed by atoms with Crippen LogP contribution in [0, 0.1) is 17.0 Å². The van der Waals surface area contributed by atoms with Gasteiger partial charge in [-0.25, -0.2) is 4.98 Å². The Hall–Kier alpha value is -1.93. The van der Waals surface area contributed by atoms with Gasteiger partial charge in [0.05, 0.1) is 15.7 Å². The van der Waals surface area contributed by atoms with Gasteiger partial charge in [-0.1, -0.05) is 27.7 Å². The average molecular weight is 382 g/mol. The largest absolute Gasteiger partial charge is 0.325 e. The molecular formula is C14H12BrN3O3S. The van der Waals surface area contributed by atoms with E-state index in [1.54, 1.807) is 0 Å². The molecule has 1 aromatic carbocycles. The number of rotatable bonds is 5. The molecule has 2 rings (SSSR count). The van der Waals surface area contributed by atoms with Gasteiger partial charge in [0.1, 0.15) is 6.20 Å². The number of aryl methyl sites for hydroxylation is 1. The van der Waals surface area contributed by atoms with Crippen LogP contribution in [0.3, 0.4) is 0 Å². The van der Waals surface area contributed by atoms with Crippen molar-refractivity contribution in [2.24, 2.45) is 0 Å². The van der Waals surface area contributed by atoms with Gasteiger partial charge in [-0.15, -0.1) is 0 Å². The second-order valence-corrected chi connectivity index (χ2v) is 6.26. The molecule has 0 aliphatic carbocycles. The van der Waals surface area contributed by atoms with Crippen molar-refractivity contribution >= 4 is 45.0 Å². The number of nitro groups is 1. The maximum absolute atomic E-state index is 11.9. The average Bonchev–Trinajstić information content (AvgIpc) is 2.49. The minimum Gasteiger partial charge on any atom is -0.325 e. The number of benzene rings is 1. The van der Waals surface area contributed by atoms with Crippen molar-refractivity contribution in [2.45, 2.75) is 11.9 Å². The molecule has 0 fully saturated rings. The second kappa shape index (κ2) is 7.37. The molecule has 0 unspecified atom stereocenters. The van der Waals surface area contributed by atoms with Crippen molar-refractivity contribution in [3.8, 4) is 0 Å². The molecule has 1 N–H and O–H groups in total. The summed E-state index contributed by atoms with van der Waals surface area (Å²) in [5.41, 5.74) is 1.68.